The van der Waals surface area contributed by atoms with Crippen LogP contribution in [0.3, 0.4) is 0 Å². The first-order valence-corrected chi connectivity index (χ1v) is 8.07. The quantitative estimate of drug-likeness (QED) is 0.389. The van der Waals surface area contributed by atoms with Crippen molar-refractivity contribution < 1.29 is 38.9 Å². The predicted octanol–water partition coefficient (Wildman–Crippen LogP) is -0.442. The molecule has 2 N–H and O–H groups in total. The Morgan fingerprint density at radius 2 is 1.12 bits per heavy atom. The maximum atomic E-state index is 11.8. The highest BCUT2D eigenvalue weighted by Gasteiger charge is 2.36. The lowest BCUT2D eigenvalue weighted by atomic mass is 10.2. The molecule has 0 spiro atoms. The lowest BCUT2D eigenvalue weighted by Crippen LogP contribution is -2.46. The SMILES string of the molecule is O=C(OC(=O)N1CC=CCC1)C(O)C(O)C(=O)OC(=O)N1CC=CCC1. The first-order valence-electron chi connectivity index (χ1n) is 8.07. The summed E-state index contributed by atoms with van der Waals surface area (Å²) in [6.45, 7) is 1.15. The second-order valence-electron chi connectivity index (χ2n) is 5.68. The molecule has 142 valence electrons. The van der Waals surface area contributed by atoms with Gasteiger partial charge in [0, 0.05) is 26.2 Å². The molecule has 0 saturated heterocycles. The van der Waals surface area contributed by atoms with Gasteiger partial charge in [-0.05, 0) is 12.8 Å². The number of aliphatic hydroxyl groups excluding tert-OH is 2. The molecule has 0 aliphatic carbocycles. The normalized spacial score (nSPS) is 18.8. The van der Waals surface area contributed by atoms with Crippen molar-refractivity contribution in [3.05, 3.63) is 24.3 Å². The van der Waals surface area contributed by atoms with Crippen molar-refractivity contribution in [3.8, 4) is 0 Å². The number of rotatable bonds is 3. The molecule has 0 aromatic heterocycles. The third kappa shape index (κ3) is 5.14. The van der Waals surface area contributed by atoms with Gasteiger partial charge in [0.2, 0.25) is 0 Å². The van der Waals surface area contributed by atoms with Crippen molar-refractivity contribution in [3.63, 3.8) is 0 Å². The van der Waals surface area contributed by atoms with Crippen LogP contribution in [0.2, 0.25) is 0 Å². The van der Waals surface area contributed by atoms with E-state index >= 15 is 0 Å². The molecule has 10 nitrogen and oxygen atoms in total. The largest absolute Gasteiger partial charge is 0.417 e. The van der Waals surface area contributed by atoms with Crippen LogP contribution in [0.15, 0.2) is 24.3 Å². The fourth-order valence-electron chi connectivity index (χ4n) is 2.29. The molecule has 0 fully saturated rings. The summed E-state index contributed by atoms with van der Waals surface area (Å²) < 4.78 is 8.87. The van der Waals surface area contributed by atoms with Crippen LogP contribution in [0.4, 0.5) is 9.59 Å². The van der Waals surface area contributed by atoms with Gasteiger partial charge >= 0.3 is 24.1 Å². The summed E-state index contributed by atoms with van der Waals surface area (Å²) in [5.41, 5.74) is 0. The Balaban J connectivity index is 1.83. The van der Waals surface area contributed by atoms with Gasteiger partial charge < -0.3 is 29.5 Å². The van der Waals surface area contributed by atoms with E-state index in [4.69, 9.17) is 0 Å². The zero-order valence-corrected chi connectivity index (χ0v) is 13.9. The maximum absolute atomic E-state index is 11.8. The monoisotopic (exact) mass is 368 g/mol. The first kappa shape index (κ1) is 19.6. The average Bonchev–Trinajstić information content (AvgIpc) is 2.67. The van der Waals surface area contributed by atoms with Gasteiger partial charge in [0.05, 0.1) is 0 Å². The summed E-state index contributed by atoms with van der Waals surface area (Å²) in [5, 5.41) is 19.4. The van der Waals surface area contributed by atoms with Crippen LogP contribution in [0, 0.1) is 0 Å². The van der Waals surface area contributed by atoms with E-state index in [-0.39, 0.29) is 13.1 Å². The van der Waals surface area contributed by atoms with Gasteiger partial charge in [-0.1, -0.05) is 24.3 Å². The molecule has 0 radical (unpaired) electrons. The van der Waals surface area contributed by atoms with Gasteiger partial charge in [-0.15, -0.1) is 0 Å². The number of amides is 2. The molecule has 2 aliphatic rings. The minimum atomic E-state index is -2.36. The number of carbonyl (C=O) groups is 4. The molecule has 2 rings (SSSR count). The lowest BCUT2D eigenvalue weighted by Gasteiger charge is -2.24. The van der Waals surface area contributed by atoms with E-state index in [1.807, 2.05) is 12.2 Å². The van der Waals surface area contributed by atoms with Gasteiger partial charge in [-0.2, -0.15) is 0 Å². The van der Waals surface area contributed by atoms with E-state index in [1.165, 1.54) is 9.80 Å². The summed E-state index contributed by atoms with van der Waals surface area (Å²) in [6.07, 6.45) is 1.58. The van der Waals surface area contributed by atoms with E-state index in [0.717, 1.165) is 0 Å². The molecule has 0 saturated carbocycles. The number of hydrogen-bond acceptors (Lipinski definition) is 8. The van der Waals surface area contributed by atoms with Crippen LogP contribution in [-0.2, 0) is 19.1 Å². The molecule has 0 aromatic carbocycles. The molecule has 2 amide bonds. The van der Waals surface area contributed by atoms with Crippen molar-refractivity contribution in [1.82, 2.24) is 9.80 Å². The molecular formula is C16H20N2O8. The van der Waals surface area contributed by atoms with Crippen molar-refractivity contribution in [2.24, 2.45) is 0 Å². The van der Waals surface area contributed by atoms with Crippen LogP contribution in [-0.4, -0.2) is 82.5 Å². The zero-order chi connectivity index (χ0) is 19.1. The van der Waals surface area contributed by atoms with E-state index in [2.05, 4.69) is 9.47 Å². The number of hydrogen-bond donors (Lipinski definition) is 2. The van der Waals surface area contributed by atoms with Gasteiger partial charge in [-0.3, -0.25) is 0 Å². The molecule has 2 atom stereocenters. The summed E-state index contributed by atoms with van der Waals surface area (Å²) in [7, 11) is 0. The Hall–Kier alpha value is -2.72. The Kier molecular flexibility index (Phi) is 6.87. The number of aliphatic hydroxyl groups is 2. The van der Waals surface area contributed by atoms with E-state index in [0.29, 0.717) is 25.9 Å². The number of carbonyl (C=O) groups excluding carboxylic acids is 4. The highest BCUT2D eigenvalue weighted by molar-refractivity contribution is 5.94. The fraction of sp³-hybridized carbons (Fsp3) is 0.500. The van der Waals surface area contributed by atoms with E-state index in [9.17, 15) is 29.4 Å². The average molecular weight is 368 g/mol. The third-order valence-corrected chi connectivity index (χ3v) is 3.79. The zero-order valence-electron chi connectivity index (χ0n) is 13.9. The highest BCUT2D eigenvalue weighted by atomic mass is 16.6. The van der Waals surface area contributed by atoms with Crippen molar-refractivity contribution in [1.29, 1.82) is 0 Å². The van der Waals surface area contributed by atoms with Crippen LogP contribution >= 0.6 is 0 Å². The molecule has 2 unspecified atom stereocenters. The predicted molar refractivity (Wildman–Crippen MR) is 85.6 cm³/mol. The first-order chi connectivity index (χ1) is 12.4. The molecule has 10 heteroatoms. The number of nitrogens with zero attached hydrogens (tertiary/aromatic N) is 2. The van der Waals surface area contributed by atoms with Crippen molar-refractivity contribution in [2.75, 3.05) is 26.2 Å². The minimum Gasteiger partial charge on any atom is -0.379 e. The molecule has 2 heterocycles. The summed E-state index contributed by atoms with van der Waals surface area (Å²) in [5.74, 6) is -3.02. The summed E-state index contributed by atoms with van der Waals surface area (Å²) in [6, 6.07) is 0. The van der Waals surface area contributed by atoms with Gasteiger partial charge in [0.25, 0.3) is 0 Å². The Bertz CT molecular complexity index is 576. The van der Waals surface area contributed by atoms with Crippen LogP contribution in [0.5, 0.6) is 0 Å². The van der Waals surface area contributed by atoms with Gasteiger partial charge in [0.1, 0.15) is 0 Å². The second-order valence-corrected chi connectivity index (χ2v) is 5.68. The summed E-state index contributed by atoms with van der Waals surface area (Å²) >= 11 is 0. The molecular weight excluding hydrogens is 348 g/mol. The van der Waals surface area contributed by atoms with Crippen LogP contribution in [0.25, 0.3) is 0 Å². The van der Waals surface area contributed by atoms with E-state index in [1.54, 1.807) is 12.2 Å². The maximum Gasteiger partial charge on any atom is 0.417 e. The summed E-state index contributed by atoms with van der Waals surface area (Å²) in [4.78, 5) is 49.4. The topological polar surface area (TPSA) is 134 Å². The minimum absolute atomic E-state index is 0.242. The van der Waals surface area contributed by atoms with Gasteiger partial charge in [-0.25, -0.2) is 19.2 Å². The highest BCUT2D eigenvalue weighted by Crippen LogP contribution is 2.08. The fourth-order valence-corrected chi connectivity index (χ4v) is 2.29. The molecule has 0 aromatic rings. The Morgan fingerprint density at radius 1 is 0.731 bits per heavy atom. The molecule has 0 bridgehead atoms. The van der Waals surface area contributed by atoms with Crippen molar-refractivity contribution in [2.45, 2.75) is 25.0 Å². The Morgan fingerprint density at radius 3 is 1.42 bits per heavy atom. The molecule has 2 aliphatic heterocycles. The van der Waals surface area contributed by atoms with Crippen LogP contribution < -0.4 is 0 Å². The van der Waals surface area contributed by atoms with Gasteiger partial charge in [0.15, 0.2) is 12.2 Å². The third-order valence-electron chi connectivity index (χ3n) is 3.79. The lowest BCUT2D eigenvalue weighted by molar-refractivity contribution is -0.167. The number of ether oxygens (including phenoxy) is 2. The van der Waals surface area contributed by atoms with Crippen molar-refractivity contribution >= 4 is 24.1 Å². The molecule has 26 heavy (non-hydrogen) atoms. The van der Waals surface area contributed by atoms with E-state index < -0.39 is 36.3 Å². The second kappa shape index (κ2) is 9.11. The Labute approximate surface area is 149 Å². The van der Waals surface area contributed by atoms with Crippen LogP contribution in [0.1, 0.15) is 12.8 Å². The smallest absolute Gasteiger partial charge is 0.379 e. The standard InChI is InChI=1S/C16H20N2O8/c19-11(13(21)25-15(23)17-7-3-1-4-8-17)12(20)14(22)26-16(24)18-9-5-2-6-10-18/h1-3,5,11-12,19-20H,4,6-10H2. The number of esters is 2.